The van der Waals surface area contributed by atoms with Gasteiger partial charge in [0.1, 0.15) is 11.6 Å². The lowest BCUT2D eigenvalue weighted by molar-refractivity contribution is -0.0361. The first-order valence-electron chi connectivity index (χ1n) is 12.1. The first kappa shape index (κ1) is 23.7. The molecule has 5 rings (SSSR count). The van der Waals surface area contributed by atoms with Crippen LogP contribution in [0.4, 0.5) is 24.7 Å². The second-order valence-electron chi connectivity index (χ2n) is 9.52. The summed E-state index contributed by atoms with van der Waals surface area (Å²) in [5.41, 5.74) is 4.59. The molecule has 1 aromatic carbocycles. The van der Waals surface area contributed by atoms with Crippen LogP contribution < -0.4 is 10.2 Å². The zero-order valence-electron chi connectivity index (χ0n) is 20.0. The van der Waals surface area contributed by atoms with Crippen molar-refractivity contribution in [3.8, 4) is 22.4 Å². The Kier molecular flexibility index (Phi) is 6.44. The highest BCUT2D eigenvalue weighted by molar-refractivity contribution is 5.78. The zero-order valence-corrected chi connectivity index (χ0v) is 20.0. The van der Waals surface area contributed by atoms with Crippen molar-refractivity contribution in [2.24, 2.45) is 7.05 Å². The summed E-state index contributed by atoms with van der Waals surface area (Å²) in [6.45, 7) is 4.63. The number of benzene rings is 1. The lowest BCUT2D eigenvalue weighted by atomic mass is 9.91. The summed E-state index contributed by atoms with van der Waals surface area (Å²) in [4.78, 5) is 7.09. The third-order valence-corrected chi connectivity index (χ3v) is 6.85. The Labute approximate surface area is 203 Å². The van der Waals surface area contributed by atoms with Gasteiger partial charge in [0.05, 0.1) is 30.8 Å². The zero-order chi connectivity index (χ0) is 24.6. The minimum absolute atomic E-state index is 0.174. The summed E-state index contributed by atoms with van der Waals surface area (Å²) in [7, 11) is 1.86. The Morgan fingerprint density at radius 2 is 1.80 bits per heavy atom. The smallest absolute Gasteiger partial charge is 0.248 e. The van der Waals surface area contributed by atoms with E-state index in [-0.39, 0.29) is 24.7 Å². The molecule has 2 aromatic heterocycles. The number of hydrogen-bond acceptors (Lipinski definition) is 5. The van der Waals surface area contributed by atoms with Crippen molar-refractivity contribution in [2.75, 3.05) is 36.5 Å². The molecule has 0 unspecified atom stereocenters. The number of nitrogens with one attached hydrogen (secondary N) is 1. The number of anilines is 2. The Balaban J connectivity index is 1.52. The number of aromatic nitrogens is 3. The third kappa shape index (κ3) is 5.29. The van der Waals surface area contributed by atoms with E-state index in [2.05, 4.69) is 15.3 Å². The maximum atomic E-state index is 14.9. The topological polar surface area (TPSA) is 55.2 Å². The Morgan fingerprint density at radius 3 is 2.49 bits per heavy atom. The van der Waals surface area contributed by atoms with Gasteiger partial charge >= 0.3 is 0 Å². The number of ether oxygens (including phenoxy) is 1. The number of halogens is 3. The molecule has 0 amide bonds. The molecule has 2 aliphatic rings. The summed E-state index contributed by atoms with van der Waals surface area (Å²) < 4.78 is 49.3. The molecule has 0 radical (unpaired) electrons. The molecule has 0 spiro atoms. The summed E-state index contributed by atoms with van der Waals surface area (Å²) in [6.07, 6.45) is 3.98. The molecule has 1 aliphatic carbocycles. The monoisotopic (exact) mass is 485 g/mol. The van der Waals surface area contributed by atoms with Gasteiger partial charge in [-0.15, -0.1) is 0 Å². The van der Waals surface area contributed by atoms with E-state index in [0.29, 0.717) is 31.7 Å². The number of alkyl halides is 2. The molecule has 1 aliphatic heterocycles. The summed E-state index contributed by atoms with van der Waals surface area (Å²) in [6, 6.07) is 7.14. The van der Waals surface area contributed by atoms with Crippen LogP contribution in [0.5, 0.6) is 0 Å². The largest absolute Gasteiger partial charge is 0.380 e. The highest BCUT2D eigenvalue weighted by Crippen LogP contribution is 2.37. The Morgan fingerprint density at radius 1 is 1.06 bits per heavy atom. The molecule has 2 fully saturated rings. The van der Waals surface area contributed by atoms with Crippen LogP contribution in [0, 0.1) is 12.7 Å². The Hall–Kier alpha value is -3.07. The van der Waals surface area contributed by atoms with E-state index in [1.807, 2.05) is 32.3 Å². The number of hydrogen-bond donors (Lipinski definition) is 1. The molecule has 1 saturated heterocycles. The van der Waals surface area contributed by atoms with Gasteiger partial charge in [-0.3, -0.25) is 4.68 Å². The van der Waals surface area contributed by atoms with E-state index in [0.717, 1.165) is 46.9 Å². The first-order chi connectivity index (χ1) is 16.8. The van der Waals surface area contributed by atoms with Crippen LogP contribution in [-0.2, 0) is 11.8 Å². The van der Waals surface area contributed by atoms with Crippen molar-refractivity contribution in [1.82, 2.24) is 14.8 Å². The molecule has 9 heteroatoms. The van der Waals surface area contributed by atoms with E-state index in [1.54, 1.807) is 16.9 Å². The number of pyridine rings is 1. The minimum Gasteiger partial charge on any atom is -0.380 e. The van der Waals surface area contributed by atoms with Crippen molar-refractivity contribution < 1.29 is 17.9 Å². The standard InChI is InChI=1S/C26H30F3N5O/c1-17-11-22(27)24(31-20-3-5-26(28,29)6-4-20)14-21(17)18-12-23(19-15-30-33(2)16-19)32-25(13-18)34-7-9-35-10-8-34/h11-16,20,31H,3-10H2,1-2H3. The maximum absolute atomic E-state index is 14.9. The van der Waals surface area contributed by atoms with Crippen molar-refractivity contribution in [3.63, 3.8) is 0 Å². The molecular weight excluding hydrogens is 455 g/mol. The number of morpholine rings is 1. The lowest BCUT2D eigenvalue weighted by Crippen LogP contribution is -2.36. The summed E-state index contributed by atoms with van der Waals surface area (Å²) in [5, 5.41) is 7.47. The van der Waals surface area contributed by atoms with Crippen LogP contribution in [0.2, 0.25) is 0 Å². The van der Waals surface area contributed by atoms with Gasteiger partial charge in [-0.25, -0.2) is 18.2 Å². The second-order valence-corrected chi connectivity index (χ2v) is 9.52. The van der Waals surface area contributed by atoms with E-state index in [9.17, 15) is 13.2 Å². The quantitative estimate of drug-likeness (QED) is 0.523. The molecule has 1 N–H and O–H groups in total. The van der Waals surface area contributed by atoms with E-state index in [4.69, 9.17) is 9.72 Å². The van der Waals surface area contributed by atoms with Crippen LogP contribution in [0.1, 0.15) is 31.2 Å². The first-order valence-corrected chi connectivity index (χ1v) is 12.1. The van der Waals surface area contributed by atoms with Crippen LogP contribution in [0.25, 0.3) is 22.4 Å². The van der Waals surface area contributed by atoms with Gasteiger partial charge in [-0.1, -0.05) is 0 Å². The van der Waals surface area contributed by atoms with Gasteiger partial charge in [0, 0.05) is 50.8 Å². The van der Waals surface area contributed by atoms with Crippen LogP contribution >= 0.6 is 0 Å². The molecule has 1 saturated carbocycles. The van der Waals surface area contributed by atoms with Gasteiger partial charge in [-0.05, 0) is 60.7 Å². The van der Waals surface area contributed by atoms with Crippen molar-refractivity contribution >= 4 is 11.5 Å². The predicted octanol–water partition coefficient (Wildman–Crippen LogP) is 5.42. The van der Waals surface area contributed by atoms with E-state index < -0.39 is 5.92 Å². The maximum Gasteiger partial charge on any atom is 0.248 e. The average Bonchev–Trinajstić information content (AvgIpc) is 3.28. The number of nitrogens with zero attached hydrogens (tertiary/aromatic N) is 4. The molecule has 35 heavy (non-hydrogen) atoms. The van der Waals surface area contributed by atoms with Crippen molar-refractivity contribution in [1.29, 1.82) is 0 Å². The second kappa shape index (κ2) is 9.53. The molecule has 6 nitrogen and oxygen atoms in total. The van der Waals surface area contributed by atoms with Gasteiger partial charge in [0.2, 0.25) is 5.92 Å². The molecule has 3 aromatic rings. The number of rotatable bonds is 5. The third-order valence-electron chi connectivity index (χ3n) is 6.85. The van der Waals surface area contributed by atoms with Gasteiger partial charge < -0.3 is 15.0 Å². The van der Waals surface area contributed by atoms with Gasteiger partial charge in [-0.2, -0.15) is 5.10 Å². The molecular formula is C26H30F3N5O. The molecule has 186 valence electrons. The van der Waals surface area contributed by atoms with E-state index >= 15 is 0 Å². The van der Waals surface area contributed by atoms with Gasteiger partial charge in [0.15, 0.2) is 0 Å². The minimum atomic E-state index is -2.62. The highest BCUT2D eigenvalue weighted by Gasteiger charge is 2.35. The molecule has 0 bridgehead atoms. The summed E-state index contributed by atoms with van der Waals surface area (Å²) >= 11 is 0. The normalized spacial score (nSPS) is 18.6. The fourth-order valence-electron chi connectivity index (χ4n) is 4.83. The SMILES string of the molecule is Cc1cc(F)c(NC2CCC(F)(F)CC2)cc1-c1cc(-c2cnn(C)c2)nc(N2CCOCC2)c1. The van der Waals surface area contributed by atoms with Crippen LogP contribution in [0.3, 0.4) is 0 Å². The predicted molar refractivity (Wildman–Crippen MR) is 130 cm³/mol. The molecule has 3 heterocycles. The highest BCUT2D eigenvalue weighted by atomic mass is 19.3. The summed E-state index contributed by atoms with van der Waals surface area (Å²) in [5.74, 6) is -2.17. The fraction of sp³-hybridized carbons (Fsp3) is 0.462. The van der Waals surface area contributed by atoms with Crippen molar-refractivity contribution in [3.05, 3.63) is 48.0 Å². The van der Waals surface area contributed by atoms with Crippen LogP contribution in [0.15, 0.2) is 36.7 Å². The average molecular weight is 486 g/mol. The van der Waals surface area contributed by atoms with Crippen molar-refractivity contribution in [2.45, 2.75) is 44.6 Å². The van der Waals surface area contributed by atoms with Gasteiger partial charge in [0.25, 0.3) is 0 Å². The fourth-order valence-corrected chi connectivity index (χ4v) is 4.83. The number of aryl methyl sites for hydroxylation is 2. The lowest BCUT2D eigenvalue weighted by Gasteiger charge is -2.30. The molecule has 0 atom stereocenters. The Bertz CT molecular complexity index is 1200. The van der Waals surface area contributed by atoms with E-state index in [1.165, 1.54) is 6.07 Å². The van der Waals surface area contributed by atoms with Crippen LogP contribution in [-0.4, -0.2) is 53.0 Å².